The highest BCUT2D eigenvalue weighted by molar-refractivity contribution is 7.98. The molecule has 0 radical (unpaired) electrons. The second kappa shape index (κ2) is 7.32. The first kappa shape index (κ1) is 15.6. The van der Waals surface area contributed by atoms with E-state index < -0.39 is 0 Å². The molecule has 0 bridgehead atoms. The fourth-order valence-electron chi connectivity index (χ4n) is 2.46. The Hall–Kier alpha value is -1.74. The SMILES string of the molecule is CSC[C@H](C)C(=O)N1CCN(c2ccc(C#N)nc2)CC1. The second-order valence-corrected chi connectivity index (χ2v) is 6.09. The summed E-state index contributed by atoms with van der Waals surface area (Å²) in [6.07, 6.45) is 3.76. The number of nitriles is 1. The number of amides is 1. The number of aromatic nitrogens is 1. The van der Waals surface area contributed by atoms with Crippen LogP contribution < -0.4 is 4.90 Å². The topological polar surface area (TPSA) is 60.2 Å². The van der Waals surface area contributed by atoms with Crippen molar-refractivity contribution < 1.29 is 4.79 Å². The molecule has 2 rings (SSSR count). The lowest BCUT2D eigenvalue weighted by molar-refractivity contribution is -0.134. The first-order valence-corrected chi connectivity index (χ1v) is 8.44. The molecule has 6 heteroatoms. The second-order valence-electron chi connectivity index (χ2n) is 5.18. The maximum Gasteiger partial charge on any atom is 0.226 e. The Balaban J connectivity index is 1.90. The average Bonchev–Trinajstić information content (AvgIpc) is 2.54. The maximum atomic E-state index is 12.3. The molecule has 0 saturated carbocycles. The van der Waals surface area contributed by atoms with Crippen LogP contribution in [0.2, 0.25) is 0 Å². The Bertz CT molecular complexity index is 517. The van der Waals surface area contributed by atoms with Gasteiger partial charge in [-0.1, -0.05) is 6.92 Å². The van der Waals surface area contributed by atoms with Crippen molar-refractivity contribution in [3.05, 3.63) is 24.0 Å². The monoisotopic (exact) mass is 304 g/mol. The molecular weight excluding hydrogens is 284 g/mol. The smallest absolute Gasteiger partial charge is 0.226 e. The predicted octanol–water partition coefficient (Wildman–Crippen LogP) is 1.60. The Morgan fingerprint density at radius 3 is 2.67 bits per heavy atom. The van der Waals surface area contributed by atoms with Gasteiger partial charge in [0.05, 0.1) is 11.9 Å². The quantitative estimate of drug-likeness (QED) is 0.845. The van der Waals surface area contributed by atoms with Gasteiger partial charge in [-0.25, -0.2) is 4.98 Å². The third kappa shape index (κ3) is 3.88. The van der Waals surface area contributed by atoms with Crippen molar-refractivity contribution in [1.82, 2.24) is 9.88 Å². The van der Waals surface area contributed by atoms with E-state index in [-0.39, 0.29) is 11.8 Å². The van der Waals surface area contributed by atoms with Crippen LogP contribution in [0.1, 0.15) is 12.6 Å². The van der Waals surface area contributed by atoms with Crippen molar-refractivity contribution in [2.45, 2.75) is 6.92 Å². The van der Waals surface area contributed by atoms with Gasteiger partial charge in [0.2, 0.25) is 5.91 Å². The van der Waals surface area contributed by atoms with Gasteiger partial charge in [0.15, 0.2) is 0 Å². The van der Waals surface area contributed by atoms with Crippen LogP contribution in [-0.2, 0) is 4.79 Å². The van der Waals surface area contributed by atoms with Crippen LogP contribution in [0, 0.1) is 17.2 Å². The third-order valence-electron chi connectivity index (χ3n) is 3.66. The van der Waals surface area contributed by atoms with Gasteiger partial charge in [0.1, 0.15) is 11.8 Å². The van der Waals surface area contributed by atoms with Gasteiger partial charge in [-0.15, -0.1) is 0 Å². The zero-order valence-electron chi connectivity index (χ0n) is 12.5. The standard InChI is InChI=1S/C15H20N4OS/c1-12(11-21-2)15(20)19-7-5-18(6-8-19)14-4-3-13(9-16)17-10-14/h3-4,10,12H,5-8,11H2,1-2H3/t12-/m0/s1. The van der Waals surface area contributed by atoms with Crippen LogP contribution >= 0.6 is 11.8 Å². The Kier molecular flexibility index (Phi) is 5.45. The number of thioether (sulfide) groups is 1. The summed E-state index contributed by atoms with van der Waals surface area (Å²) >= 11 is 1.71. The van der Waals surface area contributed by atoms with E-state index in [0.717, 1.165) is 37.6 Å². The molecular formula is C15H20N4OS. The Morgan fingerprint density at radius 2 is 2.14 bits per heavy atom. The molecule has 0 aromatic carbocycles. The van der Waals surface area contributed by atoms with Crippen molar-refractivity contribution in [3.63, 3.8) is 0 Å². The third-order valence-corrected chi connectivity index (χ3v) is 4.49. The minimum atomic E-state index is 0.0862. The molecule has 1 aliphatic heterocycles. The summed E-state index contributed by atoms with van der Waals surface area (Å²) in [7, 11) is 0. The highest BCUT2D eigenvalue weighted by Crippen LogP contribution is 2.17. The zero-order valence-corrected chi connectivity index (χ0v) is 13.3. The number of nitrogens with zero attached hydrogens (tertiary/aromatic N) is 4. The van der Waals surface area contributed by atoms with Crippen molar-refractivity contribution in [1.29, 1.82) is 5.26 Å². The van der Waals surface area contributed by atoms with Crippen LogP contribution in [0.3, 0.4) is 0 Å². The number of rotatable bonds is 4. The molecule has 112 valence electrons. The van der Waals surface area contributed by atoms with E-state index in [2.05, 4.69) is 9.88 Å². The number of hydrogen-bond donors (Lipinski definition) is 0. The van der Waals surface area contributed by atoms with Crippen molar-refractivity contribution in [3.8, 4) is 6.07 Å². The van der Waals surface area contributed by atoms with Crippen LogP contribution in [0.15, 0.2) is 18.3 Å². The normalized spacial score (nSPS) is 16.4. The molecule has 2 heterocycles. The number of pyridine rings is 1. The van der Waals surface area contributed by atoms with E-state index in [1.807, 2.05) is 30.2 Å². The van der Waals surface area contributed by atoms with Crippen molar-refractivity contribution >= 4 is 23.4 Å². The van der Waals surface area contributed by atoms with Gasteiger partial charge in [-0.05, 0) is 18.4 Å². The fourth-order valence-corrected chi connectivity index (χ4v) is 3.10. The van der Waals surface area contributed by atoms with Gasteiger partial charge in [0, 0.05) is 37.8 Å². The van der Waals surface area contributed by atoms with Gasteiger partial charge >= 0.3 is 0 Å². The predicted molar refractivity (Wildman–Crippen MR) is 85.3 cm³/mol. The minimum Gasteiger partial charge on any atom is -0.367 e. The number of carbonyl (C=O) groups is 1. The van der Waals surface area contributed by atoms with Gasteiger partial charge in [-0.3, -0.25) is 4.79 Å². The maximum absolute atomic E-state index is 12.3. The van der Waals surface area contributed by atoms with E-state index in [1.54, 1.807) is 24.0 Å². The van der Waals surface area contributed by atoms with E-state index in [4.69, 9.17) is 5.26 Å². The summed E-state index contributed by atoms with van der Waals surface area (Å²) in [5, 5.41) is 8.76. The molecule has 0 spiro atoms. The lowest BCUT2D eigenvalue weighted by Crippen LogP contribution is -2.50. The van der Waals surface area contributed by atoms with E-state index >= 15 is 0 Å². The Morgan fingerprint density at radius 1 is 1.43 bits per heavy atom. The lowest BCUT2D eigenvalue weighted by atomic mass is 10.1. The van der Waals surface area contributed by atoms with Crippen LogP contribution in [0.4, 0.5) is 5.69 Å². The van der Waals surface area contributed by atoms with Crippen LogP contribution in [-0.4, -0.2) is 54.0 Å². The molecule has 0 N–H and O–H groups in total. The van der Waals surface area contributed by atoms with Gasteiger partial charge < -0.3 is 9.80 Å². The average molecular weight is 304 g/mol. The number of carbonyl (C=O) groups excluding carboxylic acids is 1. The molecule has 1 aromatic rings. The minimum absolute atomic E-state index is 0.0862. The molecule has 1 saturated heterocycles. The fraction of sp³-hybridized carbons (Fsp3) is 0.533. The number of piperazine rings is 1. The summed E-state index contributed by atoms with van der Waals surface area (Å²) in [4.78, 5) is 20.5. The van der Waals surface area contributed by atoms with Crippen LogP contribution in [0.25, 0.3) is 0 Å². The van der Waals surface area contributed by atoms with Crippen LogP contribution in [0.5, 0.6) is 0 Å². The summed E-state index contributed by atoms with van der Waals surface area (Å²) in [6, 6.07) is 5.66. The summed E-state index contributed by atoms with van der Waals surface area (Å²) < 4.78 is 0. The summed E-state index contributed by atoms with van der Waals surface area (Å²) in [5.41, 5.74) is 1.44. The molecule has 0 aliphatic carbocycles. The molecule has 5 nitrogen and oxygen atoms in total. The van der Waals surface area contributed by atoms with E-state index in [9.17, 15) is 4.79 Å². The van der Waals surface area contributed by atoms with Gasteiger partial charge in [-0.2, -0.15) is 17.0 Å². The molecule has 21 heavy (non-hydrogen) atoms. The first-order chi connectivity index (χ1) is 10.2. The molecule has 1 amide bonds. The van der Waals surface area contributed by atoms with E-state index in [1.165, 1.54) is 0 Å². The number of anilines is 1. The summed E-state index contributed by atoms with van der Waals surface area (Å²) in [6.45, 7) is 5.11. The van der Waals surface area contributed by atoms with Crippen molar-refractivity contribution in [2.75, 3.05) is 43.1 Å². The Labute approximate surface area is 129 Å². The largest absolute Gasteiger partial charge is 0.367 e. The van der Waals surface area contributed by atoms with Gasteiger partial charge in [0.25, 0.3) is 0 Å². The highest BCUT2D eigenvalue weighted by atomic mass is 32.2. The molecule has 1 fully saturated rings. The van der Waals surface area contributed by atoms with E-state index in [0.29, 0.717) is 5.69 Å². The molecule has 0 unspecified atom stereocenters. The molecule has 1 atom stereocenters. The number of hydrogen-bond acceptors (Lipinski definition) is 5. The summed E-state index contributed by atoms with van der Waals surface area (Å²) in [5.74, 6) is 1.21. The zero-order chi connectivity index (χ0) is 15.2. The molecule has 1 aromatic heterocycles. The lowest BCUT2D eigenvalue weighted by Gasteiger charge is -2.37. The first-order valence-electron chi connectivity index (χ1n) is 7.04. The molecule has 1 aliphatic rings. The van der Waals surface area contributed by atoms with Crippen molar-refractivity contribution in [2.24, 2.45) is 5.92 Å². The highest BCUT2D eigenvalue weighted by Gasteiger charge is 2.24.